The predicted molar refractivity (Wildman–Crippen MR) is 61.0 cm³/mol. The molecule has 2 aromatic rings. The van der Waals surface area contributed by atoms with Crippen molar-refractivity contribution < 1.29 is 19.5 Å². The molecule has 6 heteroatoms. The smallest absolute Gasteiger partial charge is 0.258 e. The van der Waals surface area contributed by atoms with Crippen LogP contribution in [-0.2, 0) is 4.74 Å². The average molecular weight is 248 g/mol. The van der Waals surface area contributed by atoms with E-state index in [0.717, 1.165) is 12.8 Å². The Morgan fingerprint density at radius 1 is 1.17 bits per heavy atom. The van der Waals surface area contributed by atoms with Crippen LogP contribution in [0.2, 0.25) is 0 Å². The van der Waals surface area contributed by atoms with E-state index >= 15 is 0 Å². The average Bonchev–Trinajstić information content (AvgIpc) is 2.99. The highest BCUT2D eigenvalue weighted by atomic mass is 16.5. The molecule has 1 aromatic heterocycles. The van der Waals surface area contributed by atoms with Crippen LogP contribution in [0.3, 0.4) is 0 Å². The molecule has 0 radical (unpaired) electrons. The molecule has 1 atom stereocenters. The maximum atomic E-state index is 9.40. The number of hydrogen-bond acceptors (Lipinski definition) is 6. The van der Waals surface area contributed by atoms with Crippen LogP contribution in [0.1, 0.15) is 24.8 Å². The van der Waals surface area contributed by atoms with Crippen LogP contribution in [0.4, 0.5) is 0 Å². The third-order valence-corrected chi connectivity index (χ3v) is 2.81. The number of rotatable bonds is 2. The Labute approximate surface area is 103 Å². The van der Waals surface area contributed by atoms with E-state index in [2.05, 4.69) is 10.1 Å². The lowest BCUT2D eigenvalue weighted by Gasteiger charge is -2.01. The van der Waals surface area contributed by atoms with Crippen molar-refractivity contribution in [2.75, 3.05) is 6.61 Å². The highest BCUT2D eigenvalue weighted by Crippen LogP contribution is 2.30. The summed E-state index contributed by atoms with van der Waals surface area (Å²) >= 11 is 0. The van der Waals surface area contributed by atoms with Gasteiger partial charge in [-0.15, -0.1) is 0 Å². The zero-order chi connectivity index (χ0) is 12.5. The van der Waals surface area contributed by atoms with Crippen molar-refractivity contribution in [1.82, 2.24) is 10.1 Å². The fourth-order valence-corrected chi connectivity index (χ4v) is 1.98. The van der Waals surface area contributed by atoms with E-state index in [9.17, 15) is 10.2 Å². The number of ether oxygens (including phenoxy) is 1. The number of aromatic hydroxyl groups is 2. The quantitative estimate of drug-likeness (QED) is 0.845. The summed E-state index contributed by atoms with van der Waals surface area (Å²) in [4.78, 5) is 4.22. The van der Waals surface area contributed by atoms with Gasteiger partial charge in [0.15, 0.2) is 0 Å². The molecule has 1 unspecified atom stereocenters. The second-order valence-electron chi connectivity index (χ2n) is 4.20. The second-order valence-corrected chi connectivity index (χ2v) is 4.20. The minimum absolute atomic E-state index is 0.0538. The molecule has 0 bridgehead atoms. The van der Waals surface area contributed by atoms with E-state index in [1.54, 1.807) is 0 Å². The number of benzene rings is 1. The first-order valence-electron chi connectivity index (χ1n) is 5.71. The zero-order valence-electron chi connectivity index (χ0n) is 9.54. The van der Waals surface area contributed by atoms with Gasteiger partial charge in [0.25, 0.3) is 5.89 Å². The summed E-state index contributed by atoms with van der Waals surface area (Å²) in [5, 5.41) is 22.7. The van der Waals surface area contributed by atoms with Crippen LogP contribution in [0.15, 0.2) is 22.7 Å². The van der Waals surface area contributed by atoms with Crippen LogP contribution in [0, 0.1) is 0 Å². The van der Waals surface area contributed by atoms with Crippen molar-refractivity contribution >= 4 is 0 Å². The van der Waals surface area contributed by atoms with Gasteiger partial charge in [-0.2, -0.15) is 4.98 Å². The summed E-state index contributed by atoms with van der Waals surface area (Å²) in [5.41, 5.74) is 0.476. The van der Waals surface area contributed by atoms with Gasteiger partial charge in [0.05, 0.1) is 0 Å². The number of phenols is 2. The predicted octanol–water partition coefficient (Wildman–Crippen LogP) is 2.00. The largest absolute Gasteiger partial charge is 0.508 e. The standard InChI is InChI=1S/C12H12N2O4/c15-8-4-7(5-9(16)6-8)12-13-11(14-18-12)10-2-1-3-17-10/h4-6,10,15-16H,1-3H2. The second kappa shape index (κ2) is 4.30. The molecule has 0 spiro atoms. The fourth-order valence-electron chi connectivity index (χ4n) is 1.98. The molecule has 0 amide bonds. The van der Waals surface area contributed by atoms with Gasteiger partial charge in [0, 0.05) is 18.2 Å². The molecule has 2 N–H and O–H groups in total. The van der Waals surface area contributed by atoms with Gasteiger partial charge in [-0.25, -0.2) is 0 Å². The van der Waals surface area contributed by atoms with Crippen molar-refractivity contribution in [3.05, 3.63) is 24.0 Å². The summed E-state index contributed by atoms with van der Waals surface area (Å²) in [6.45, 7) is 0.710. The third kappa shape index (κ3) is 2.02. The molecule has 0 aliphatic carbocycles. The Balaban J connectivity index is 1.92. The van der Waals surface area contributed by atoms with Crippen LogP contribution in [0.25, 0.3) is 11.5 Å². The van der Waals surface area contributed by atoms with E-state index in [4.69, 9.17) is 9.26 Å². The molecular weight excluding hydrogens is 236 g/mol. The van der Waals surface area contributed by atoms with E-state index < -0.39 is 0 Å². The topological polar surface area (TPSA) is 88.6 Å². The van der Waals surface area contributed by atoms with Crippen LogP contribution in [0.5, 0.6) is 11.5 Å². The van der Waals surface area contributed by atoms with Crippen molar-refractivity contribution in [3.8, 4) is 23.0 Å². The first-order chi connectivity index (χ1) is 8.72. The zero-order valence-corrected chi connectivity index (χ0v) is 9.54. The molecule has 1 aliphatic heterocycles. The lowest BCUT2D eigenvalue weighted by Crippen LogP contribution is -1.97. The Morgan fingerprint density at radius 3 is 2.61 bits per heavy atom. The summed E-state index contributed by atoms with van der Waals surface area (Å²) in [6.07, 6.45) is 1.75. The first kappa shape index (κ1) is 11.0. The number of phenolic OH excluding ortho intramolecular Hbond substituents is 2. The van der Waals surface area contributed by atoms with Crippen molar-refractivity contribution in [2.45, 2.75) is 18.9 Å². The molecule has 94 valence electrons. The molecule has 18 heavy (non-hydrogen) atoms. The molecule has 0 saturated carbocycles. The summed E-state index contributed by atoms with van der Waals surface area (Å²) in [5.74, 6) is 0.653. The lowest BCUT2D eigenvalue weighted by molar-refractivity contribution is 0.103. The monoisotopic (exact) mass is 248 g/mol. The lowest BCUT2D eigenvalue weighted by atomic mass is 10.2. The molecule has 6 nitrogen and oxygen atoms in total. The Bertz CT molecular complexity index is 541. The van der Waals surface area contributed by atoms with Gasteiger partial charge in [-0.1, -0.05) is 5.16 Å². The number of hydrogen-bond donors (Lipinski definition) is 2. The van der Waals surface area contributed by atoms with E-state index in [1.807, 2.05) is 0 Å². The van der Waals surface area contributed by atoms with Crippen LogP contribution >= 0.6 is 0 Å². The normalized spacial score (nSPS) is 19.2. The van der Waals surface area contributed by atoms with Gasteiger partial charge in [0.1, 0.15) is 17.6 Å². The highest BCUT2D eigenvalue weighted by Gasteiger charge is 2.23. The molecule has 3 rings (SSSR count). The maximum Gasteiger partial charge on any atom is 0.258 e. The van der Waals surface area contributed by atoms with E-state index in [-0.39, 0.29) is 23.5 Å². The van der Waals surface area contributed by atoms with Crippen LogP contribution < -0.4 is 0 Å². The minimum Gasteiger partial charge on any atom is -0.508 e. The molecule has 1 saturated heterocycles. The minimum atomic E-state index is -0.117. The molecule has 1 aromatic carbocycles. The molecule has 1 fully saturated rings. The third-order valence-electron chi connectivity index (χ3n) is 2.81. The Kier molecular flexibility index (Phi) is 2.64. The fraction of sp³-hybridized carbons (Fsp3) is 0.333. The SMILES string of the molecule is Oc1cc(O)cc(-c2nc(C3CCCO3)no2)c1. The Morgan fingerprint density at radius 2 is 1.94 bits per heavy atom. The maximum absolute atomic E-state index is 9.40. The summed E-state index contributed by atoms with van der Waals surface area (Å²) < 4.78 is 10.6. The molecular formula is C12H12N2O4. The Hall–Kier alpha value is -2.08. The number of aromatic nitrogens is 2. The van der Waals surface area contributed by atoms with E-state index in [1.165, 1.54) is 18.2 Å². The summed E-state index contributed by atoms with van der Waals surface area (Å²) in [7, 11) is 0. The van der Waals surface area contributed by atoms with Crippen molar-refractivity contribution in [3.63, 3.8) is 0 Å². The van der Waals surface area contributed by atoms with Crippen LogP contribution in [-0.4, -0.2) is 27.0 Å². The highest BCUT2D eigenvalue weighted by molar-refractivity contribution is 5.58. The van der Waals surface area contributed by atoms with Gasteiger partial charge >= 0.3 is 0 Å². The van der Waals surface area contributed by atoms with Gasteiger partial charge in [-0.05, 0) is 25.0 Å². The van der Waals surface area contributed by atoms with E-state index in [0.29, 0.717) is 18.0 Å². The number of nitrogens with zero attached hydrogens (tertiary/aromatic N) is 2. The van der Waals surface area contributed by atoms with Gasteiger partial charge < -0.3 is 19.5 Å². The summed E-state index contributed by atoms with van der Waals surface area (Å²) in [6, 6.07) is 4.14. The first-order valence-corrected chi connectivity index (χ1v) is 5.71. The van der Waals surface area contributed by atoms with Gasteiger partial charge in [-0.3, -0.25) is 0 Å². The molecule has 1 aliphatic rings. The van der Waals surface area contributed by atoms with Crippen molar-refractivity contribution in [2.24, 2.45) is 0 Å². The molecule has 2 heterocycles. The van der Waals surface area contributed by atoms with Gasteiger partial charge in [0.2, 0.25) is 5.82 Å². The van der Waals surface area contributed by atoms with Crippen molar-refractivity contribution in [1.29, 1.82) is 0 Å².